The molecule has 7 heteroatoms. The van der Waals surface area contributed by atoms with E-state index in [1.54, 1.807) is 12.3 Å². The summed E-state index contributed by atoms with van der Waals surface area (Å²) in [5, 5.41) is 2.90. The van der Waals surface area contributed by atoms with Crippen molar-refractivity contribution in [3.8, 4) is 0 Å². The van der Waals surface area contributed by atoms with Crippen molar-refractivity contribution in [3.05, 3.63) is 22.3 Å². The van der Waals surface area contributed by atoms with Crippen LogP contribution in [0.2, 0.25) is 0 Å². The molecule has 1 fully saturated rings. The van der Waals surface area contributed by atoms with Crippen LogP contribution in [-0.2, 0) is 0 Å². The molecular weight excluding hydrogens is 322 g/mol. The SMILES string of the molecule is NNc1ncc(Br)cc1C(=O)NCCCN1CCCC1. The number of carbonyl (C=O) groups excluding carboxylic acids is 1. The molecule has 110 valence electrons. The molecule has 1 aromatic rings. The number of nitrogens with zero attached hydrogens (tertiary/aromatic N) is 2. The Labute approximate surface area is 127 Å². The number of rotatable bonds is 6. The van der Waals surface area contributed by atoms with Crippen molar-refractivity contribution in [2.75, 3.05) is 31.6 Å². The minimum atomic E-state index is -0.159. The van der Waals surface area contributed by atoms with Crippen LogP contribution >= 0.6 is 15.9 Å². The molecule has 0 spiro atoms. The summed E-state index contributed by atoms with van der Waals surface area (Å²) in [6.07, 6.45) is 5.14. The quantitative estimate of drug-likeness (QED) is 0.413. The number of nitrogens with two attached hydrogens (primary N) is 1. The van der Waals surface area contributed by atoms with Crippen LogP contribution in [0.15, 0.2) is 16.7 Å². The lowest BCUT2D eigenvalue weighted by molar-refractivity contribution is 0.0952. The molecule has 2 rings (SSSR count). The topological polar surface area (TPSA) is 83.3 Å². The highest BCUT2D eigenvalue weighted by Gasteiger charge is 2.13. The standard InChI is InChI=1S/C13H20BrN5O/c14-10-8-11(12(18-15)17-9-10)13(20)16-4-3-7-19-5-1-2-6-19/h8-9H,1-7,15H2,(H,16,20)(H,17,18). The molecule has 4 N–H and O–H groups in total. The average Bonchev–Trinajstić information content (AvgIpc) is 2.96. The fraction of sp³-hybridized carbons (Fsp3) is 0.538. The predicted molar refractivity (Wildman–Crippen MR) is 82.4 cm³/mol. The van der Waals surface area contributed by atoms with Crippen LogP contribution in [0.1, 0.15) is 29.6 Å². The van der Waals surface area contributed by atoms with Crippen LogP contribution in [0.25, 0.3) is 0 Å². The van der Waals surface area contributed by atoms with Gasteiger partial charge >= 0.3 is 0 Å². The Morgan fingerprint density at radius 1 is 1.45 bits per heavy atom. The van der Waals surface area contributed by atoms with Gasteiger partial charge in [0.15, 0.2) is 5.82 Å². The number of hydrogen-bond donors (Lipinski definition) is 3. The molecule has 1 aliphatic heterocycles. The fourth-order valence-electron chi connectivity index (χ4n) is 2.33. The Morgan fingerprint density at radius 3 is 2.90 bits per heavy atom. The summed E-state index contributed by atoms with van der Waals surface area (Å²) < 4.78 is 0.749. The first kappa shape index (κ1) is 15.2. The summed E-state index contributed by atoms with van der Waals surface area (Å²) in [6, 6.07) is 1.71. The van der Waals surface area contributed by atoms with Crippen LogP contribution < -0.4 is 16.6 Å². The molecule has 0 unspecified atom stereocenters. The van der Waals surface area contributed by atoms with Crippen molar-refractivity contribution in [1.82, 2.24) is 15.2 Å². The van der Waals surface area contributed by atoms with Gasteiger partial charge in [0.05, 0.1) is 5.56 Å². The minimum absolute atomic E-state index is 0.159. The first-order chi connectivity index (χ1) is 9.70. The number of hydrogen-bond acceptors (Lipinski definition) is 5. The molecule has 20 heavy (non-hydrogen) atoms. The second-order valence-electron chi connectivity index (χ2n) is 4.85. The van der Waals surface area contributed by atoms with Gasteiger partial charge in [0.25, 0.3) is 5.91 Å². The predicted octanol–water partition coefficient (Wildman–Crippen LogP) is 1.35. The lowest BCUT2D eigenvalue weighted by Crippen LogP contribution is -2.29. The van der Waals surface area contributed by atoms with Gasteiger partial charge in [0.1, 0.15) is 0 Å². The van der Waals surface area contributed by atoms with Crippen molar-refractivity contribution in [1.29, 1.82) is 0 Å². The summed E-state index contributed by atoms with van der Waals surface area (Å²) in [6.45, 7) is 4.07. The van der Waals surface area contributed by atoms with Gasteiger partial charge in [0, 0.05) is 17.2 Å². The van der Waals surface area contributed by atoms with Crippen LogP contribution in [0.4, 0.5) is 5.82 Å². The molecule has 0 aromatic carbocycles. The maximum absolute atomic E-state index is 12.1. The molecule has 1 saturated heterocycles. The zero-order chi connectivity index (χ0) is 14.4. The lowest BCUT2D eigenvalue weighted by atomic mass is 10.2. The van der Waals surface area contributed by atoms with E-state index in [9.17, 15) is 4.79 Å². The van der Waals surface area contributed by atoms with Crippen molar-refractivity contribution in [3.63, 3.8) is 0 Å². The van der Waals surface area contributed by atoms with Gasteiger partial charge in [-0.05, 0) is 60.9 Å². The van der Waals surface area contributed by atoms with Crippen LogP contribution in [-0.4, -0.2) is 42.0 Å². The van der Waals surface area contributed by atoms with E-state index in [2.05, 4.69) is 36.6 Å². The zero-order valence-corrected chi connectivity index (χ0v) is 12.9. The Kier molecular flexibility index (Phi) is 5.75. The normalized spacial score (nSPS) is 15.3. The monoisotopic (exact) mass is 341 g/mol. The average molecular weight is 342 g/mol. The van der Waals surface area contributed by atoms with E-state index >= 15 is 0 Å². The van der Waals surface area contributed by atoms with Crippen LogP contribution in [0.5, 0.6) is 0 Å². The maximum atomic E-state index is 12.1. The second-order valence-corrected chi connectivity index (χ2v) is 5.77. The molecule has 6 nitrogen and oxygen atoms in total. The first-order valence-electron chi connectivity index (χ1n) is 6.83. The highest BCUT2D eigenvalue weighted by molar-refractivity contribution is 9.10. The number of aromatic nitrogens is 1. The summed E-state index contributed by atoms with van der Waals surface area (Å²) in [5.74, 6) is 5.58. The molecule has 0 radical (unpaired) electrons. The van der Waals surface area contributed by atoms with E-state index < -0.39 is 0 Å². The highest BCUT2D eigenvalue weighted by Crippen LogP contribution is 2.17. The smallest absolute Gasteiger partial charge is 0.255 e. The van der Waals surface area contributed by atoms with Gasteiger partial charge in [-0.25, -0.2) is 10.8 Å². The van der Waals surface area contributed by atoms with Gasteiger partial charge in [-0.15, -0.1) is 0 Å². The van der Waals surface area contributed by atoms with Gasteiger partial charge in [-0.2, -0.15) is 0 Å². The van der Waals surface area contributed by atoms with Crippen molar-refractivity contribution in [2.24, 2.45) is 5.84 Å². The molecule has 1 aliphatic rings. The van der Waals surface area contributed by atoms with Crippen LogP contribution in [0, 0.1) is 0 Å². The Bertz CT molecular complexity index is 462. The van der Waals surface area contributed by atoms with Crippen molar-refractivity contribution in [2.45, 2.75) is 19.3 Å². The third-order valence-corrected chi connectivity index (χ3v) is 3.80. The number of likely N-dealkylation sites (tertiary alicyclic amines) is 1. The van der Waals surface area contributed by atoms with E-state index in [4.69, 9.17) is 5.84 Å². The summed E-state index contributed by atoms with van der Waals surface area (Å²) >= 11 is 3.30. The van der Waals surface area contributed by atoms with Gasteiger partial charge in [0.2, 0.25) is 0 Å². The second kappa shape index (κ2) is 7.56. The van der Waals surface area contributed by atoms with E-state index in [0.29, 0.717) is 17.9 Å². The fourth-order valence-corrected chi connectivity index (χ4v) is 2.66. The van der Waals surface area contributed by atoms with E-state index in [1.165, 1.54) is 25.9 Å². The van der Waals surface area contributed by atoms with E-state index in [0.717, 1.165) is 17.4 Å². The number of anilines is 1. The Hall–Kier alpha value is -1.18. The number of halogens is 1. The van der Waals surface area contributed by atoms with Crippen molar-refractivity contribution >= 4 is 27.7 Å². The summed E-state index contributed by atoms with van der Waals surface area (Å²) in [4.78, 5) is 18.6. The Morgan fingerprint density at radius 2 is 2.20 bits per heavy atom. The number of pyridine rings is 1. The molecule has 0 aliphatic carbocycles. The number of hydrazine groups is 1. The number of carbonyl (C=O) groups is 1. The molecule has 0 atom stereocenters. The molecule has 0 saturated carbocycles. The van der Waals surface area contributed by atoms with Crippen molar-refractivity contribution < 1.29 is 4.79 Å². The molecule has 2 heterocycles. The molecule has 1 amide bonds. The lowest BCUT2D eigenvalue weighted by Gasteiger charge is -2.14. The maximum Gasteiger partial charge on any atom is 0.255 e. The van der Waals surface area contributed by atoms with Crippen LogP contribution in [0.3, 0.4) is 0 Å². The van der Waals surface area contributed by atoms with Gasteiger partial charge in [-0.3, -0.25) is 4.79 Å². The largest absolute Gasteiger partial charge is 0.352 e. The van der Waals surface area contributed by atoms with E-state index in [-0.39, 0.29) is 5.91 Å². The van der Waals surface area contributed by atoms with Gasteiger partial charge in [-0.1, -0.05) is 0 Å². The number of nitrogen functional groups attached to an aromatic ring is 1. The molecule has 1 aromatic heterocycles. The van der Waals surface area contributed by atoms with E-state index in [1.807, 2.05) is 0 Å². The summed E-state index contributed by atoms with van der Waals surface area (Å²) in [5.41, 5.74) is 2.89. The number of nitrogens with one attached hydrogen (secondary N) is 2. The zero-order valence-electron chi connectivity index (χ0n) is 11.4. The molecule has 0 bridgehead atoms. The highest BCUT2D eigenvalue weighted by atomic mass is 79.9. The van der Waals surface area contributed by atoms with Gasteiger partial charge < -0.3 is 15.6 Å². The third-order valence-electron chi connectivity index (χ3n) is 3.37. The Balaban J connectivity index is 1.80. The molecular formula is C13H20BrN5O. The minimum Gasteiger partial charge on any atom is -0.352 e. The number of amides is 1. The first-order valence-corrected chi connectivity index (χ1v) is 7.62. The summed E-state index contributed by atoms with van der Waals surface area (Å²) in [7, 11) is 0. The third kappa shape index (κ3) is 4.16.